The number of amides is 1. The van der Waals surface area contributed by atoms with E-state index < -0.39 is 18.0 Å². The summed E-state index contributed by atoms with van der Waals surface area (Å²) in [6, 6.07) is 18.5. The Balaban J connectivity index is 1.35. The number of fused-ring (bicyclic) bond motifs is 3. The maximum Gasteiger partial charge on any atom is 0.416 e. The van der Waals surface area contributed by atoms with Crippen molar-refractivity contribution in [2.75, 3.05) is 19.8 Å². The summed E-state index contributed by atoms with van der Waals surface area (Å²) in [5.74, 6) is 0.636. The van der Waals surface area contributed by atoms with Crippen LogP contribution in [0.2, 0.25) is 5.02 Å². The third-order valence-electron chi connectivity index (χ3n) is 6.38. The molecule has 0 saturated carbocycles. The summed E-state index contributed by atoms with van der Waals surface area (Å²) in [7, 11) is 0. The van der Waals surface area contributed by atoms with Crippen molar-refractivity contribution >= 4 is 28.6 Å². The van der Waals surface area contributed by atoms with Gasteiger partial charge in [0.2, 0.25) is 0 Å². The molecule has 2 atom stereocenters. The van der Waals surface area contributed by atoms with Crippen molar-refractivity contribution in [3.63, 3.8) is 0 Å². The van der Waals surface area contributed by atoms with Crippen LogP contribution in [0.3, 0.4) is 0 Å². The number of epoxide rings is 1. The topological polar surface area (TPSA) is 67.1 Å². The number of hydrogen-bond acceptors (Lipinski definition) is 4. The normalized spacial score (nSPS) is 18.9. The van der Waals surface area contributed by atoms with Gasteiger partial charge in [-0.1, -0.05) is 23.7 Å². The SMILES string of the molecule is O=C(Oc1ccc(F)cc1)N1CCc2c([nH]c3ccc(Cl)cc23)C1c1ccc(OCC2CO2)cc1. The fraction of sp³-hybridized carbons (Fsp3) is 0.222. The van der Waals surface area contributed by atoms with Gasteiger partial charge in [-0.15, -0.1) is 0 Å². The highest BCUT2D eigenvalue weighted by molar-refractivity contribution is 6.31. The van der Waals surface area contributed by atoms with Gasteiger partial charge in [-0.25, -0.2) is 9.18 Å². The zero-order chi connectivity index (χ0) is 23.9. The monoisotopic (exact) mass is 492 g/mol. The molecule has 1 N–H and O–H groups in total. The number of ether oxygens (including phenoxy) is 3. The van der Waals surface area contributed by atoms with E-state index in [1.807, 2.05) is 42.5 Å². The summed E-state index contributed by atoms with van der Waals surface area (Å²) in [6.07, 6.45) is 0.313. The number of nitrogens with one attached hydrogen (secondary N) is 1. The third-order valence-corrected chi connectivity index (χ3v) is 6.61. The molecule has 0 aliphatic carbocycles. The number of carbonyl (C=O) groups is 1. The van der Waals surface area contributed by atoms with Crippen LogP contribution < -0.4 is 9.47 Å². The molecule has 1 aromatic heterocycles. The lowest BCUT2D eigenvalue weighted by Gasteiger charge is -2.35. The van der Waals surface area contributed by atoms with Gasteiger partial charge in [0.15, 0.2) is 0 Å². The van der Waals surface area contributed by atoms with E-state index in [4.69, 9.17) is 25.8 Å². The average molecular weight is 493 g/mol. The first-order valence-electron chi connectivity index (χ1n) is 11.4. The smallest absolute Gasteiger partial charge is 0.416 e. The predicted molar refractivity (Wildman–Crippen MR) is 130 cm³/mol. The Hall–Kier alpha value is -3.55. The van der Waals surface area contributed by atoms with E-state index >= 15 is 0 Å². The number of aromatic nitrogens is 1. The maximum atomic E-state index is 13.3. The molecule has 6 rings (SSSR count). The first-order chi connectivity index (χ1) is 17.0. The number of benzene rings is 3. The largest absolute Gasteiger partial charge is 0.491 e. The van der Waals surface area contributed by atoms with E-state index in [0.717, 1.165) is 40.1 Å². The molecule has 178 valence electrons. The van der Waals surface area contributed by atoms with Crippen molar-refractivity contribution in [2.24, 2.45) is 0 Å². The van der Waals surface area contributed by atoms with Gasteiger partial charge in [-0.2, -0.15) is 0 Å². The summed E-state index contributed by atoms with van der Waals surface area (Å²) in [4.78, 5) is 18.5. The lowest BCUT2D eigenvalue weighted by atomic mass is 9.92. The standard InChI is InChI=1S/C27H22ClFN2O4/c28-17-3-10-24-23(13-17)22-11-12-31(27(32)35-20-8-4-18(29)5-9-20)26(25(22)30-24)16-1-6-19(7-2-16)33-14-21-15-34-21/h1-10,13,21,26,30H,11-12,14-15H2. The van der Waals surface area contributed by atoms with Crippen LogP contribution in [0.25, 0.3) is 10.9 Å². The lowest BCUT2D eigenvalue weighted by Crippen LogP contribution is -2.42. The first kappa shape index (κ1) is 21.9. The Morgan fingerprint density at radius 3 is 2.57 bits per heavy atom. The number of hydrogen-bond donors (Lipinski definition) is 1. The molecule has 35 heavy (non-hydrogen) atoms. The molecular weight excluding hydrogens is 471 g/mol. The van der Waals surface area contributed by atoms with Crippen LogP contribution in [0.4, 0.5) is 9.18 Å². The minimum absolute atomic E-state index is 0.172. The molecular formula is C27H22ClFN2O4. The molecule has 6 nitrogen and oxygen atoms in total. The number of nitrogens with zero attached hydrogens (tertiary/aromatic N) is 1. The minimum Gasteiger partial charge on any atom is -0.491 e. The molecule has 1 saturated heterocycles. The van der Waals surface area contributed by atoms with Gasteiger partial charge in [0, 0.05) is 28.2 Å². The van der Waals surface area contributed by atoms with Crippen LogP contribution in [-0.4, -0.2) is 41.8 Å². The minimum atomic E-state index is -0.504. The lowest BCUT2D eigenvalue weighted by molar-refractivity contribution is 0.135. The number of H-pyrrole nitrogens is 1. The molecule has 2 aliphatic heterocycles. The van der Waals surface area contributed by atoms with E-state index in [9.17, 15) is 9.18 Å². The molecule has 1 amide bonds. The second kappa shape index (κ2) is 8.91. The van der Waals surface area contributed by atoms with Gasteiger partial charge in [0.25, 0.3) is 0 Å². The Kier molecular flexibility index (Phi) is 5.59. The van der Waals surface area contributed by atoms with Crippen LogP contribution in [0.1, 0.15) is 22.9 Å². The van der Waals surface area contributed by atoms with Crippen molar-refractivity contribution in [2.45, 2.75) is 18.6 Å². The van der Waals surface area contributed by atoms with E-state index in [1.165, 1.54) is 24.3 Å². The Morgan fingerprint density at radius 2 is 1.83 bits per heavy atom. The van der Waals surface area contributed by atoms with E-state index in [1.54, 1.807) is 4.90 Å². The number of carbonyl (C=O) groups excluding carboxylic acids is 1. The van der Waals surface area contributed by atoms with Crippen molar-refractivity contribution < 1.29 is 23.4 Å². The van der Waals surface area contributed by atoms with Gasteiger partial charge < -0.3 is 19.2 Å². The zero-order valence-corrected chi connectivity index (χ0v) is 19.4. The fourth-order valence-electron chi connectivity index (χ4n) is 4.57. The van der Waals surface area contributed by atoms with Crippen molar-refractivity contribution in [1.29, 1.82) is 0 Å². The first-order valence-corrected chi connectivity index (χ1v) is 11.8. The van der Waals surface area contributed by atoms with Crippen LogP contribution >= 0.6 is 11.6 Å². The highest BCUT2D eigenvalue weighted by Crippen LogP contribution is 2.40. The molecule has 2 aliphatic rings. The molecule has 3 heterocycles. The fourth-order valence-corrected chi connectivity index (χ4v) is 4.74. The Bertz CT molecular complexity index is 1380. The van der Waals surface area contributed by atoms with Gasteiger partial charge in [-0.05, 0) is 72.1 Å². The molecule has 8 heteroatoms. The highest BCUT2D eigenvalue weighted by atomic mass is 35.5. The molecule has 2 unspecified atom stereocenters. The number of aromatic amines is 1. The van der Waals surface area contributed by atoms with Crippen LogP contribution in [-0.2, 0) is 11.2 Å². The summed E-state index contributed by atoms with van der Waals surface area (Å²) < 4.78 is 29.9. The van der Waals surface area contributed by atoms with E-state index in [0.29, 0.717) is 24.6 Å². The van der Waals surface area contributed by atoms with Crippen LogP contribution in [0.15, 0.2) is 66.7 Å². The highest BCUT2D eigenvalue weighted by Gasteiger charge is 2.36. The predicted octanol–water partition coefficient (Wildman–Crippen LogP) is 5.88. The van der Waals surface area contributed by atoms with Gasteiger partial charge in [0.1, 0.15) is 36.1 Å². The summed E-state index contributed by atoms with van der Waals surface area (Å²) in [6.45, 7) is 1.71. The van der Waals surface area contributed by atoms with Crippen molar-refractivity contribution in [3.8, 4) is 11.5 Å². The third kappa shape index (κ3) is 4.45. The summed E-state index contributed by atoms with van der Waals surface area (Å²) in [5, 5.41) is 1.71. The Labute approximate surface area is 206 Å². The maximum absolute atomic E-state index is 13.3. The molecule has 1 fully saturated rings. The van der Waals surface area contributed by atoms with Gasteiger partial charge in [0.05, 0.1) is 6.61 Å². The quantitative estimate of drug-likeness (QED) is 0.353. The number of halogens is 2. The Morgan fingerprint density at radius 1 is 1.09 bits per heavy atom. The average Bonchev–Trinajstić information content (AvgIpc) is 3.63. The van der Waals surface area contributed by atoms with Crippen LogP contribution in [0.5, 0.6) is 11.5 Å². The van der Waals surface area contributed by atoms with E-state index in [2.05, 4.69) is 4.98 Å². The van der Waals surface area contributed by atoms with Crippen molar-refractivity contribution in [1.82, 2.24) is 9.88 Å². The molecule has 3 aromatic carbocycles. The second-order valence-electron chi connectivity index (χ2n) is 8.71. The van der Waals surface area contributed by atoms with E-state index in [-0.39, 0.29) is 11.9 Å². The van der Waals surface area contributed by atoms with Gasteiger partial charge in [-0.3, -0.25) is 4.90 Å². The molecule has 0 spiro atoms. The van der Waals surface area contributed by atoms with Crippen molar-refractivity contribution in [3.05, 3.63) is 94.4 Å². The second-order valence-corrected chi connectivity index (χ2v) is 9.15. The summed E-state index contributed by atoms with van der Waals surface area (Å²) in [5.41, 5.74) is 3.92. The summed E-state index contributed by atoms with van der Waals surface area (Å²) >= 11 is 6.28. The molecule has 0 radical (unpaired) electrons. The number of rotatable bonds is 5. The van der Waals surface area contributed by atoms with Gasteiger partial charge >= 0.3 is 6.09 Å². The van der Waals surface area contributed by atoms with Crippen LogP contribution in [0, 0.1) is 5.82 Å². The molecule has 4 aromatic rings. The molecule has 0 bridgehead atoms. The zero-order valence-electron chi connectivity index (χ0n) is 18.7.